The van der Waals surface area contributed by atoms with Crippen molar-refractivity contribution in [2.24, 2.45) is 5.41 Å². The standard InChI is InChI=1S/C12H13BrF2O3/c1-12(2,11(16)17)5-6-4-7(14)8(13)9(15)10(6)18-3/h4H,5H2,1-3H3,(H,16,17). The van der Waals surface area contributed by atoms with E-state index in [1.165, 1.54) is 21.0 Å². The zero-order chi connectivity index (χ0) is 14.1. The van der Waals surface area contributed by atoms with Crippen LogP contribution in [0.4, 0.5) is 8.78 Å². The first-order valence-electron chi connectivity index (χ1n) is 5.14. The van der Waals surface area contributed by atoms with Crippen LogP contribution in [0.5, 0.6) is 5.75 Å². The van der Waals surface area contributed by atoms with Gasteiger partial charge in [-0.2, -0.15) is 0 Å². The normalized spacial score (nSPS) is 11.4. The Kier molecular flexibility index (Phi) is 4.32. The second kappa shape index (κ2) is 5.22. The molecule has 1 rings (SSSR count). The summed E-state index contributed by atoms with van der Waals surface area (Å²) in [5.41, 5.74) is -0.955. The molecule has 0 aromatic heterocycles. The molecule has 0 fully saturated rings. The van der Waals surface area contributed by atoms with Crippen LogP contribution in [0.25, 0.3) is 0 Å². The SMILES string of the molecule is COc1c(CC(C)(C)C(=O)O)cc(F)c(Br)c1F. The third kappa shape index (κ3) is 2.80. The first kappa shape index (κ1) is 14.9. The quantitative estimate of drug-likeness (QED) is 0.864. The highest BCUT2D eigenvalue weighted by molar-refractivity contribution is 9.10. The summed E-state index contributed by atoms with van der Waals surface area (Å²) in [6, 6.07) is 1.08. The van der Waals surface area contributed by atoms with Gasteiger partial charge in [0.05, 0.1) is 17.0 Å². The molecule has 0 aliphatic heterocycles. The van der Waals surface area contributed by atoms with Gasteiger partial charge in [0.2, 0.25) is 0 Å². The predicted octanol–water partition coefficient (Wildman–Crippen LogP) is 3.39. The number of rotatable bonds is 4. The van der Waals surface area contributed by atoms with E-state index < -0.39 is 23.0 Å². The Hall–Kier alpha value is -1.17. The molecule has 0 saturated heterocycles. The molecule has 1 aromatic rings. The van der Waals surface area contributed by atoms with E-state index in [-0.39, 0.29) is 22.2 Å². The average Bonchev–Trinajstić information content (AvgIpc) is 2.26. The van der Waals surface area contributed by atoms with Crippen molar-refractivity contribution in [1.82, 2.24) is 0 Å². The lowest BCUT2D eigenvalue weighted by atomic mass is 9.85. The van der Waals surface area contributed by atoms with E-state index in [2.05, 4.69) is 15.9 Å². The minimum atomic E-state index is -1.14. The second-order valence-corrected chi connectivity index (χ2v) is 5.34. The lowest BCUT2D eigenvalue weighted by Gasteiger charge is -2.21. The van der Waals surface area contributed by atoms with Gasteiger partial charge in [-0.15, -0.1) is 0 Å². The highest BCUT2D eigenvalue weighted by atomic mass is 79.9. The Morgan fingerprint density at radius 3 is 2.50 bits per heavy atom. The molecule has 0 aliphatic rings. The number of carboxylic acid groups (broad SMARTS) is 1. The second-order valence-electron chi connectivity index (χ2n) is 4.54. The molecule has 0 unspecified atom stereocenters. The Morgan fingerprint density at radius 2 is 2.06 bits per heavy atom. The summed E-state index contributed by atoms with van der Waals surface area (Å²) in [6.45, 7) is 2.96. The van der Waals surface area contributed by atoms with Gasteiger partial charge < -0.3 is 9.84 Å². The van der Waals surface area contributed by atoms with Crippen molar-refractivity contribution < 1.29 is 23.4 Å². The third-order valence-corrected chi connectivity index (χ3v) is 3.34. The van der Waals surface area contributed by atoms with Gasteiger partial charge >= 0.3 is 5.97 Å². The maximum atomic E-state index is 13.7. The van der Waals surface area contributed by atoms with E-state index in [1.54, 1.807) is 0 Å². The van der Waals surface area contributed by atoms with Gasteiger partial charge in [-0.05, 0) is 42.3 Å². The van der Waals surface area contributed by atoms with Gasteiger partial charge in [-0.1, -0.05) is 0 Å². The van der Waals surface area contributed by atoms with Crippen molar-refractivity contribution in [3.05, 3.63) is 27.7 Å². The summed E-state index contributed by atoms with van der Waals surface area (Å²) < 4.78 is 31.7. The van der Waals surface area contributed by atoms with Crippen LogP contribution in [-0.2, 0) is 11.2 Å². The number of hydrogen-bond acceptors (Lipinski definition) is 2. The van der Waals surface area contributed by atoms with Crippen LogP contribution in [0.1, 0.15) is 19.4 Å². The highest BCUT2D eigenvalue weighted by Gasteiger charge is 2.30. The zero-order valence-electron chi connectivity index (χ0n) is 10.2. The molecule has 3 nitrogen and oxygen atoms in total. The number of aliphatic carboxylic acids is 1. The number of carboxylic acids is 1. The van der Waals surface area contributed by atoms with Crippen molar-refractivity contribution in [2.75, 3.05) is 7.11 Å². The van der Waals surface area contributed by atoms with E-state index in [1.807, 2.05) is 0 Å². The number of hydrogen-bond donors (Lipinski definition) is 1. The molecule has 0 bridgehead atoms. The number of methoxy groups -OCH3 is 1. The van der Waals surface area contributed by atoms with Crippen molar-refractivity contribution >= 4 is 21.9 Å². The Morgan fingerprint density at radius 1 is 1.50 bits per heavy atom. The van der Waals surface area contributed by atoms with Crippen molar-refractivity contribution in [3.8, 4) is 5.75 Å². The van der Waals surface area contributed by atoms with Crippen LogP contribution in [-0.4, -0.2) is 18.2 Å². The fraction of sp³-hybridized carbons (Fsp3) is 0.417. The first-order valence-corrected chi connectivity index (χ1v) is 5.93. The molecule has 1 aromatic carbocycles. The average molecular weight is 323 g/mol. The monoisotopic (exact) mass is 322 g/mol. The van der Waals surface area contributed by atoms with Gasteiger partial charge in [0.25, 0.3) is 0 Å². The third-order valence-electron chi connectivity index (χ3n) is 2.61. The molecule has 1 N–H and O–H groups in total. The summed E-state index contributed by atoms with van der Waals surface area (Å²) >= 11 is 2.77. The molecule has 0 atom stereocenters. The smallest absolute Gasteiger partial charge is 0.309 e. The minimum Gasteiger partial charge on any atom is -0.493 e. The van der Waals surface area contributed by atoms with Crippen LogP contribution < -0.4 is 4.74 Å². The van der Waals surface area contributed by atoms with Gasteiger partial charge in [0.1, 0.15) is 5.82 Å². The number of benzene rings is 1. The molecule has 18 heavy (non-hydrogen) atoms. The van der Waals surface area contributed by atoms with Crippen molar-refractivity contribution in [2.45, 2.75) is 20.3 Å². The van der Waals surface area contributed by atoms with Gasteiger partial charge in [0.15, 0.2) is 11.6 Å². The van der Waals surface area contributed by atoms with Crippen LogP contribution in [0, 0.1) is 17.0 Å². The summed E-state index contributed by atoms with van der Waals surface area (Å²) in [5.74, 6) is -2.84. The van der Waals surface area contributed by atoms with Crippen molar-refractivity contribution in [3.63, 3.8) is 0 Å². The van der Waals surface area contributed by atoms with E-state index in [0.29, 0.717) is 0 Å². The maximum Gasteiger partial charge on any atom is 0.309 e. The topological polar surface area (TPSA) is 46.5 Å². The zero-order valence-corrected chi connectivity index (χ0v) is 11.8. The molecular weight excluding hydrogens is 310 g/mol. The van der Waals surface area contributed by atoms with E-state index in [0.717, 1.165) is 6.07 Å². The summed E-state index contributed by atoms with van der Waals surface area (Å²) in [5, 5.41) is 9.02. The molecule has 0 saturated carbocycles. The number of ether oxygens (including phenoxy) is 1. The Bertz CT molecular complexity index is 487. The molecule has 0 spiro atoms. The summed E-state index contributed by atoms with van der Waals surface area (Å²) in [4.78, 5) is 11.0. The van der Waals surface area contributed by atoms with Crippen LogP contribution in [0.3, 0.4) is 0 Å². The van der Waals surface area contributed by atoms with E-state index in [9.17, 15) is 13.6 Å². The lowest BCUT2D eigenvalue weighted by molar-refractivity contribution is -0.146. The summed E-state index contributed by atoms with van der Waals surface area (Å²) in [7, 11) is 1.25. The first-order chi connectivity index (χ1) is 8.20. The molecule has 0 aliphatic carbocycles. The van der Waals surface area contributed by atoms with E-state index >= 15 is 0 Å². The van der Waals surface area contributed by atoms with Crippen LogP contribution in [0.2, 0.25) is 0 Å². The fourth-order valence-electron chi connectivity index (χ4n) is 1.53. The molecular formula is C12H13BrF2O3. The van der Waals surface area contributed by atoms with Gasteiger partial charge in [-0.3, -0.25) is 4.79 Å². The highest BCUT2D eigenvalue weighted by Crippen LogP contribution is 2.35. The van der Waals surface area contributed by atoms with Gasteiger partial charge in [0, 0.05) is 5.56 Å². The molecule has 0 heterocycles. The Balaban J connectivity index is 3.29. The van der Waals surface area contributed by atoms with Gasteiger partial charge in [-0.25, -0.2) is 8.78 Å². The van der Waals surface area contributed by atoms with Crippen molar-refractivity contribution in [1.29, 1.82) is 0 Å². The summed E-state index contributed by atoms with van der Waals surface area (Å²) in [6.07, 6.45) is -0.0351. The number of carbonyl (C=O) groups is 1. The van der Waals surface area contributed by atoms with Crippen LogP contribution in [0.15, 0.2) is 10.5 Å². The minimum absolute atomic E-state index is 0.0351. The Labute approximate surface area is 112 Å². The lowest BCUT2D eigenvalue weighted by Crippen LogP contribution is -2.26. The van der Waals surface area contributed by atoms with Crippen LogP contribution >= 0.6 is 15.9 Å². The molecule has 100 valence electrons. The van der Waals surface area contributed by atoms with E-state index in [4.69, 9.17) is 9.84 Å². The molecule has 6 heteroatoms. The maximum absolute atomic E-state index is 13.7. The fourth-order valence-corrected chi connectivity index (χ4v) is 1.83. The predicted molar refractivity (Wildman–Crippen MR) is 65.7 cm³/mol. The molecule has 0 amide bonds. The molecule has 0 radical (unpaired) electrons. The number of halogens is 3. The largest absolute Gasteiger partial charge is 0.493 e.